The van der Waals surface area contributed by atoms with Crippen molar-refractivity contribution in [2.45, 2.75) is 39.3 Å². The maximum Gasteiger partial charge on any atom is 0.349 e. The molecule has 26 heavy (non-hydrogen) atoms. The first-order chi connectivity index (χ1) is 12.2. The second-order valence-electron chi connectivity index (χ2n) is 7.05. The Morgan fingerprint density at radius 1 is 1.08 bits per heavy atom. The molecule has 0 heterocycles. The maximum absolute atomic E-state index is 12.0. The van der Waals surface area contributed by atoms with Gasteiger partial charge in [-0.15, -0.1) is 0 Å². The molecular weight excluding hydrogens is 332 g/mol. The molecule has 0 saturated carbocycles. The van der Waals surface area contributed by atoms with Crippen molar-refractivity contribution in [2.24, 2.45) is 0 Å². The van der Waals surface area contributed by atoms with E-state index in [1.807, 2.05) is 26.8 Å². The highest BCUT2D eigenvalue weighted by atomic mass is 16.5. The average molecular weight is 356 g/mol. The molecule has 0 fully saturated rings. The van der Waals surface area contributed by atoms with Gasteiger partial charge in [0.05, 0.1) is 0 Å². The van der Waals surface area contributed by atoms with E-state index in [1.165, 1.54) is 0 Å². The number of hydrogen-bond acceptors (Lipinski definition) is 3. The molecule has 0 spiro atoms. The Hall–Kier alpha value is -3.02. The van der Waals surface area contributed by atoms with E-state index in [0.717, 1.165) is 5.56 Å². The predicted octanol–water partition coefficient (Wildman–Crippen LogP) is 4.12. The van der Waals surface area contributed by atoms with Crippen molar-refractivity contribution in [1.29, 1.82) is 0 Å². The summed E-state index contributed by atoms with van der Waals surface area (Å²) in [5.41, 5.74) is 1.50. The third-order valence-corrected chi connectivity index (χ3v) is 3.51. The quantitative estimate of drug-likeness (QED) is 0.752. The number of urea groups is 1. The van der Waals surface area contributed by atoms with Crippen molar-refractivity contribution in [3.63, 3.8) is 0 Å². The highest BCUT2D eigenvalue weighted by molar-refractivity contribution is 5.90. The third kappa shape index (κ3) is 5.51. The number of amides is 2. The summed E-state index contributed by atoms with van der Waals surface area (Å²) in [6, 6.07) is 13.5. The minimum absolute atomic E-state index is 0.316. The summed E-state index contributed by atoms with van der Waals surface area (Å²) in [6.07, 6.45) is -1.13. The molecule has 3 N–H and O–H groups in total. The fourth-order valence-electron chi connectivity index (χ4n) is 2.38. The summed E-state index contributed by atoms with van der Waals surface area (Å²) in [7, 11) is 0. The van der Waals surface area contributed by atoms with Crippen molar-refractivity contribution >= 4 is 17.7 Å². The molecule has 0 aromatic heterocycles. The number of nitrogens with one attached hydrogen (secondary N) is 2. The van der Waals surface area contributed by atoms with E-state index in [9.17, 15) is 14.7 Å². The molecule has 6 nitrogen and oxygen atoms in total. The van der Waals surface area contributed by atoms with Crippen LogP contribution in [0, 0.1) is 6.92 Å². The van der Waals surface area contributed by atoms with Crippen molar-refractivity contribution in [3.05, 3.63) is 59.7 Å². The number of benzene rings is 2. The summed E-state index contributed by atoms with van der Waals surface area (Å²) in [5.74, 6) is -0.608. The van der Waals surface area contributed by atoms with Crippen LogP contribution in [0.3, 0.4) is 0 Å². The van der Waals surface area contributed by atoms with Crippen molar-refractivity contribution in [2.75, 3.05) is 5.32 Å². The number of hydrogen-bond donors (Lipinski definition) is 3. The van der Waals surface area contributed by atoms with Crippen LogP contribution in [-0.2, 0) is 4.79 Å². The molecule has 0 saturated heterocycles. The number of carbonyl (C=O) groups is 2. The first-order valence-electron chi connectivity index (χ1n) is 8.30. The number of carboxylic acid groups (broad SMARTS) is 1. The molecule has 0 aliphatic carbocycles. The van der Waals surface area contributed by atoms with Crippen molar-refractivity contribution < 1.29 is 19.4 Å². The van der Waals surface area contributed by atoms with Gasteiger partial charge >= 0.3 is 12.0 Å². The van der Waals surface area contributed by atoms with Crippen LogP contribution in [0.4, 0.5) is 10.5 Å². The first-order valence-corrected chi connectivity index (χ1v) is 8.30. The Labute approximate surface area is 153 Å². The normalized spacial score (nSPS) is 12.2. The van der Waals surface area contributed by atoms with Crippen LogP contribution < -0.4 is 15.4 Å². The largest absolute Gasteiger partial charge is 0.478 e. The number of anilines is 1. The first kappa shape index (κ1) is 19.3. The number of carbonyl (C=O) groups excluding carboxylic acids is 1. The van der Waals surface area contributed by atoms with E-state index < -0.39 is 12.1 Å². The second-order valence-corrected chi connectivity index (χ2v) is 7.05. The lowest BCUT2D eigenvalue weighted by Crippen LogP contribution is -2.43. The van der Waals surface area contributed by atoms with Gasteiger partial charge in [-0.05, 0) is 57.5 Å². The number of aryl methyl sites for hydroxylation is 1. The molecule has 0 radical (unpaired) electrons. The Balaban J connectivity index is 2.18. The van der Waals surface area contributed by atoms with Gasteiger partial charge in [-0.2, -0.15) is 0 Å². The van der Waals surface area contributed by atoms with Crippen molar-refractivity contribution in [1.82, 2.24) is 5.32 Å². The van der Waals surface area contributed by atoms with Gasteiger partial charge in [0.1, 0.15) is 5.75 Å². The number of ether oxygens (including phenoxy) is 1. The van der Waals surface area contributed by atoms with Crippen LogP contribution >= 0.6 is 0 Å². The van der Waals surface area contributed by atoms with E-state index in [-0.39, 0.29) is 11.6 Å². The van der Waals surface area contributed by atoms with Gasteiger partial charge in [-0.3, -0.25) is 0 Å². The molecule has 138 valence electrons. The van der Waals surface area contributed by atoms with Crippen LogP contribution in [-0.4, -0.2) is 22.6 Å². The summed E-state index contributed by atoms with van der Waals surface area (Å²) >= 11 is 0. The molecule has 0 aliphatic rings. The highest BCUT2D eigenvalue weighted by Crippen LogP contribution is 2.26. The molecule has 2 aromatic rings. The van der Waals surface area contributed by atoms with E-state index in [4.69, 9.17) is 4.74 Å². The SMILES string of the molecule is Cc1cc(C(Oc2ccccc2)C(=O)O)ccc1NC(=O)NC(C)(C)C. The summed E-state index contributed by atoms with van der Waals surface area (Å²) in [6.45, 7) is 7.47. The Morgan fingerprint density at radius 2 is 1.73 bits per heavy atom. The molecule has 0 aliphatic heterocycles. The summed E-state index contributed by atoms with van der Waals surface area (Å²) < 4.78 is 5.60. The zero-order chi connectivity index (χ0) is 19.3. The lowest BCUT2D eigenvalue weighted by atomic mass is 10.0. The minimum atomic E-state index is -1.13. The zero-order valence-electron chi connectivity index (χ0n) is 15.4. The van der Waals surface area contributed by atoms with Gasteiger partial charge in [0, 0.05) is 16.8 Å². The monoisotopic (exact) mass is 356 g/mol. The molecule has 1 unspecified atom stereocenters. The highest BCUT2D eigenvalue weighted by Gasteiger charge is 2.23. The average Bonchev–Trinajstić information content (AvgIpc) is 2.53. The lowest BCUT2D eigenvalue weighted by Gasteiger charge is -2.21. The summed E-state index contributed by atoms with van der Waals surface area (Å²) in [4.78, 5) is 23.6. The summed E-state index contributed by atoms with van der Waals surface area (Å²) in [5, 5.41) is 15.1. The second kappa shape index (κ2) is 7.91. The topological polar surface area (TPSA) is 87.7 Å². The van der Waals surface area contributed by atoms with E-state index in [2.05, 4.69) is 10.6 Å². The van der Waals surface area contributed by atoms with Crippen LogP contribution in [0.1, 0.15) is 38.0 Å². The van der Waals surface area contributed by atoms with Gasteiger partial charge in [-0.1, -0.05) is 24.3 Å². The Bertz CT molecular complexity index is 782. The fraction of sp³-hybridized carbons (Fsp3) is 0.300. The van der Waals surface area contributed by atoms with Crippen molar-refractivity contribution in [3.8, 4) is 5.75 Å². The standard InChI is InChI=1S/C20H24N2O4/c1-13-12-14(10-11-16(13)21-19(25)22-20(2,3)4)17(18(23)24)26-15-8-6-5-7-9-15/h5-12,17H,1-4H3,(H,23,24)(H2,21,22,25). The lowest BCUT2D eigenvalue weighted by molar-refractivity contribution is -0.145. The van der Waals surface area contributed by atoms with Gasteiger partial charge in [-0.25, -0.2) is 9.59 Å². The zero-order valence-corrected chi connectivity index (χ0v) is 15.4. The molecule has 2 rings (SSSR count). The van der Waals surface area contributed by atoms with Crippen LogP contribution in [0.5, 0.6) is 5.75 Å². The number of aliphatic carboxylic acids is 1. The minimum Gasteiger partial charge on any atom is -0.478 e. The van der Waals surface area contributed by atoms with Gasteiger partial charge in [0.25, 0.3) is 0 Å². The number of para-hydroxylation sites is 1. The predicted molar refractivity (Wildman–Crippen MR) is 101 cm³/mol. The molecule has 0 bridgehead atoms. The van der Waals surface area contributed by atoms with Crippen LogP contribution in [0.15, 0.2) is 48.5 Å². The van der Waals surface area contributed by atoms with E-state index >= 15 is 0 Å². The van der Waals surface area contributed by atoms with Gasteiger partial charge < -0.3 is 20.5 Å². The Kier molecular flexibility index (Phi) is 5.87. The molecule has 6 heteroatoms. The number of carboxylic acids is 1. The van der Waals surface area contributed by atoms with Gasteiger partial charge in [0.2, 0.25) is 6.10 Å². The van der Waals surface area contributed by atoms with Crippen LogP contribution in [0.25, 0.3) is 0 Å². The molecular formula is C20H24N2O4. The fourth-order valence-corrected chi connectivity index (χ4v) is 2.38. The molecule has 2 aromatic carbocycles. The maximum atomic E-state index is 12.0. The third-order valence-electron chi connectivity index (χ3n) is 3.51. The number of rotatable bonds is 5. The van der Waals surface area contributed by atoms with Crippen LogP contribution in [0.2, 0.25) is 0 Å². The van der Waals surface area contributed by atoms with E-state index in [0.29, 0.717) is 17.0 Å². The smallest absolute Gasteiger partial charge is 0.349 e. The molecule has 1 atom stereocenters. The van der Waals surface area contributed by atoms with E-state index in [1.54, 1.807) is 49.4 Å². The molecule has 2 amide bonds. The Morgan fingerprint density at radius 3 is 2.27 bits per heavy atom. The van der Waals surface area contributed by atoms with Gasteiger partial charge in [0.15, 0.2) is 0 Å².